The number of fused-ring (bicyclic) bond motifs is 1. The van der Waals surface area contributed by atoms with E-state index in [1.54, 1.807) is 11.3 Å². The van der Waals surface area contributed by atoms with Crippen LogP contribution in [0.4, 0.5) is 16.1 Å². The van der Waals surface area contributed by atoms with Crippen LogP contribution < -0.4 is 16.4 Å². The van der Waals surface area contributed by atoms with E-state index < -0.39 is 0 Å². The molecule has 2 heterocycles. The molecule has 0 aliphatic heterocycles. The smallest absolute Gasteiger partial charge is 0.271 e. The fourth-order valence-corrected chi connectivity index (χ4v) is 4.17. The highest BCUT2D eigenvalue weighted by Crippen LogP contribution is 2.31. The highest BCUT2D eigenvalue weighted by molar-refractivity contribution is 7.18. The van der Waals surface area contributed by atoms with E-state index in [1.165, 1.54) is 29.1 Å². The third kappa shape index (κ3) is 3.01. The number of amides is 1. The van der Waals surface area contributed by atoms with Gasteiger partial charge < -0.3 is 11.1 Å². The first-order valence-corrected chi connectivity index (χ1v) is 8.60. The van der Waals surface area contributed by atoms with E-state index in [1.807, 2.05) is 6.92 Å². The van der Waals surface area contributed by atoms with Crippen molar-refractivity contribution < 1.29 is 4.79 Å². The summed E-state index contributed by atoms with van der Waals surface area (Å²) in [6, 6.07) is 0. The Hall–Kier alpha value is -1.67. The SMILES string of the molecule is CCNc1nc(N)c(C(=O)Nc2nc3c(s2)CCCC3)s1. The van der Waals surface area contributed by atoms with Crippen LogP contribution in [-0.2, 0) is 12.8 Å². The molecular formula is C13H17N5OS2. The van der Waals surface area contributed by atoms with Gasteiger partial charge in [-0.15, -0.1) is 11.3 Å². The maximum absolute atomic E-state index is 12.3. The van der Waals surface area contributed by atoms with Gasteiger partial charge >= 0.3 is 0 Å². The van der Waals surface area contributed by atoms with Crippen LogP contribution in [0.25, 0.3) is 0 Å². The Bertz CT molecular complexity index is 640. The van der Waals surface area contributed by atoms with Gasteiger partial charge in [0, 0.05) is 11.4 Å². The number of aromatic nitrogens is 2. The highest BCUT2D eigenvalue weighted by Gasteiger charge is 2.20. The lowest BCUT2D eigenvalue weighted by atomic mass is 10.0. The first-order valence-electron chi connectivity index (χ1n) is 6.97. The fourth-order valence-electron chi connectivity index (χ4n) is 2.28. The van der Waals surface area contributed by atoms with Crippen molar-refractivity contribution in [2.75, 3.05) is 22.9 Å². The van der Waals surface area contributed by atoms with Gasteiger partial charge in [0.25, 0.3) is 5.91 Å². The van der Waals surface area contributed by atoms with Gasteiger partial charge in [0.05, 0.1) is 5.69 Å². The van der Waals surface area contributed by atoms with E-state index in [0.29, 0.717) is 15.1 Å². The van der Waals surface area contributed by atoms with Gasteiger partial charge in [-0.1, -0.05) is 11.3 Å². The minimum atomic E-state index is -0.236. The molecule has 2 aromatic rings. The van der Waals surface area contributed by atoms with Crippen LogP contribution in [0.1, 0.15) is 40.0 Å². The van der Waals surface area contributed by atoms with Crippen LogP contribution in [-0.4, -0.2) is 22.4 Å². The van der Waals surface area contributed by atoms with Gasteiger partial charge in [0.15, 0.2) is 10.3 Å². The number of nitrogens with zero attached hydrogens (tertiary/aromatic N) is 2. The Morgan fingerprint density at radius 1 is 1.24 bits per heavy atom. The minimum Gasteiger partial charge on any atom is -0.382 e. The molecule has 1 aliphatic rings. The molecule has 0 spiro atoms. The zero-order chi connectivity index (χ0) is 14.8. The zero-order valence-electron chi connectivity index (χ0n) is 11.7. The molecule has 0 aromatic carbocycles. The van der Waals surface area contributed by atoms with Crippen LogP contribution in [0.3, 0.4) is 0 Å². The molecule has 21 heavy (non-hydrogen) atoms. The third-order valence-corrected chi connectivity index (χ3v) is 5.35. The third-order valence-electron chi connectivity index (χ3n) is 3.25. The Labute approximate surface area is 130 Å². The van der Waals surface area contributed by atoms with Gasteiger partial charge in [0.1, 0.15) is 10.7 Å². The first-order chi connectivity index (χ1) is 10.2. The molecule has 0 saturated heterocycles. The lowest BCUT2D eigenvalue weighted by Crippen LogP contribution is -2.12. The number of anilines is 3. The summed E-state index contributed by atoms with van der Waals surface area (Å²) in [4.78, 5) is 22.6. The second kappa shape index (κ2) is 5.98. The molecule has 8 heteroatoms. The van der Waals surface area contributed by atoms with Crippen molar-refractivity contribution in [2.24, 2.45) is 0 Å². The summed E-state index contributed by atoms with van der Waals surface area (Å²) in [5.74, 6) is 0.0232. The Balaban J connectivity index is 1.75. The molecule has 2 aromatic heterocycles. The van der Waals surface area contributed by atoms with Crippen molar-refractivity contribution in [1.82, 2.24) is 9.97 Å². The van der Waals surface area contributed by atoms with E-state index >= 15 is 0 Å². The van der Waals surface area contributed by atoms with Gasteiger partial charge in [-0.2, -0.15) is 0 Å². The van der Waals surface area contributed by atoms with Crippen LogP contribution >= 0.6 is 22.7 Å². The standard InChI is InChI=1S/C13H17N5OS2/c1-2-15-12-17-10(14)9(21-12)11(19)18-13-16-7-5-3-4-6-8(7)20-13/h2-6,14H2,1H3,(H,15,17)(H,16,18,19). The summed E-state index contributed by atoms with van der Waals surface area (Å²) >= 11 is 2.83. The molecule has 1 aliphatic carbocycles. The van der Waals surface area contributed by atoms with Crippen molar-refractivity contribution in [2.45, 2.75) is 32.6 Å². The van der Waals surface area contributed by atoms with Crippen molar-refractivity contribution in [3.05, 3.63) is 15.4 Å². The Kier molecular flexibility index (Phi) is 4.07. The van der Waals surface area contributed by atoms with E-state index in [0.717, 1.165) is 25.1 Å². The molecule has 0 bridgehead atoms. The van der Waals surface area contributed by atoms with Gasteiger partial charge in [-0.3, -0.25) is 10.1 Å². The lowest BCUT2D eigenvalue weighted by Gasteiger charge is -2.06. The molecule has 0 fully saturated rings. The fraction of sp³-hybridized carbons (Fsp3) is 0.462. The highest BCUT2D eigenvalue weighted by atomic mass is 32.1. The predicted molar refractivity (Wildman–Crippen MR) is 87.4 cm³/mol. The number of aryl methyl sites for hydroxylation is 2. The van der Waals surface area contributed by atoms with E-state index in [9.17, 15) is 4.79 Å². The molecule has 0 unspecified atom stereocenters. The average Bonchev–Trinajstić information content (AvgIpc) is 3.02. The van der Waals surface area contributed by atoms with Gasteiger partial charge in [-0.25, -0.2) is 9.97 Å². The number of nitrogens with one attached hydrogen (secondary N) is 2. The molecule has 6 nitrogen and oxygen atoms in total. The zero-order valence-corrected chi connectivity index (χ0v) is 13.4. The van der Waals surface area contributed by atoms with E-state index in [4.69, 9.17) is 5.73 Å². The quantitative estimate of drug-likeness (QED) is 0.804. The first kappa shape index (κ1) is 14.3. The summed E-state index contributed by atoms with van der Waals surface area (Å²) < 4.78 is 0. The van der Waals surface area contributed by atoms with Gasteiger partial charge in [0.2, 0.25) is 0 Å². The molecular weight excluding hydrogens is 306 g/mol. The summed E-state index contributed by atoms with van der Waals surface area (Å²) in [6.45, 7) is 2.71. The number of hydrogen-bond acceptors (Lipinski definition) is 7. The van der Waals surface area contributed by atoms with Crippen molar-refractivity contribution in [3.63, 3.8) is 0 Å². The summed E-state index contributed by atoms with van der Waals surface area (Å²) in [7, 11) is 0. The predicted octanol–water partition coefficient (Wildman–Crippen LogP) is 2.74. The van der Waals surface area contributed by atoms with Crippen LogP contribution in [0.5, 0.6) is 0 Å². The monoisotopic (exact) mass is 323 g/mol. The van der Waals surface area contributed by atoms with E-state index in [2.05, 4.69) is 20.6 Å². The number of carbonyl (C=O) groups is 1. The number of carbonyl (C=O) groups excluding carboxylic acids is 1. The normalized spacial score (nSPS) is 13.8. The summed E-state index contributed by atoms with van der Waals surface area (Å²) in [6.07, 6.45) is 4.46. The van der Waals surface area contributed by atoms with Crippen molar-refractivity contribution in [1.29, 1.82) is 0 Å². The molecule has 112 valence electrons. The number of thiazole rings is 2. The van der Waals surface area contributed by atoms with Crippen molar-refractivity contribution in [3.8, 4) is 0 Å². The Morgan fingerprint density at radius 3 is 2.81 bits per heavy atom. The molecule has 0 saturated carbocycles. The molecule has 1 amide bonds. The second-order valence-electron chi connectivity index (χ2n) is 4.81. The molecule has 0 radical (unpaired) electrons. The minimum absolute atomic E-state index is 0.236. The molecule has 4 N–H and O–H groups in total. The van der Waals surface area contributed by atoms with E-state index in [-0.39, 0.29) is 11.7 Å². The van der Waals surface area contributed by atoms with Gasteiger partial charge in [-0.05, 0) is 32.6 Å². The topological polar surface area (TPSA) is 92.9 Å². The number of rotatable bonds is 4. The van der Waals surface area contributed by atoms with Crippen LogP contribution in [0.15, 0.2) is 0 Å². The number of nitrogen functional groups attached to an aromatic ring is 1. The average molecular weight is 323 g/mol. The molecule has 0 atom stereocenters. The largest absolute Gasteiger partial charge is 0.382 e. The maximum atomic E-state index is 12.3. The summed E-state index contributed by atoms with van der Waals surface area (Å²) in [5.41, 5.74) is 6.94. The summed E-state index contributed by atoms with van der Waals surface area (Å²) in [5, 5.41) is 7.23. The number of hydrogen-bond donors (Lipinski definition) is 3. The Morgan fingerprint density at radius 2 is 2.05 bits per heavy atom. The van der Waals surface area contributed by atoms with Crippen LogP contribution in [0, 0.1) is 0 Å². The second-order valence-corrected chi connectivity index (χ2v) is 6.90. The van der Waals surface area contributed by atoms with Crippen molar-refractivity contribution >= 4 is 44.7 Å². The van der Waals surface area contributed by atoms with Crippen LogP contribution in [0.2, 0.25) is 0 Å². The maximum Gasteiger partial charge on any atom is 0.271 e. The molecule has 3 rings (SSSR count). The number of nitrogens with two attached hydrogens (primary N) is 1. The lowest BCUT2D eigenvalue weighted by molar-refractivity contribution is 0.103.